The van der Waals surface area contributed by atoms with E-state index in [9.17, 15) is 0 Å². The molecule has 1 aliphatic heterocycles. The number of aromatic nitrogens is 2. The molecule has 5 rings (SSSR count). The Morgan fingerprint density at radius 2 is 1.73 bits per heavy atom. The largest absolute Gasteiger partial charge is 0.497 e. The molecule has 0 unspecified atom stereocenters. The summed E-state index contributed by atoms with van der Waals surface area (Å²) in [5.41, 5.74) is 7.81. The van der Waals surface area contributed by atoms with Crippen LogP contribution in [0, 0.1) is 13.8 Å². The van der Waals surface area contributed by atoms with Gasteiger partial charge in [0, 0.05) is 29.3 Å². The van der Waals surface area contributed by atoms with Crippen molar-refractivity contribution >= 4 is 23.0 Å². The minimum absolute atomic E-state index is 0.153. The second-order valence-electron chi connectivity index (χ2n) is 9.18. The molecule has 4 aromatic rings. The van der Waals surface area contributed by atoms with Crippen molar-refractivity contribution in [2.24, 2.45) is 0 Å². The number of pyridine rings is 1. The first kappa shape index (κ1) is 24.8. The second-order valence-corrected chi connectivity index (χ2v) is 9.57. The first-order chi connectivity index (χ1) is 18.0. The Balaban J connectivity index is 1.73. The summed E-state index contributed by atoms with van der Waals surface area (Å²) in [5.74, 6) is 1.46. The lowest BCUT2D eigenvalue weighted by atomic mass is 9.96. The molecule has 1 saturated heterocycles. The van der Waals surface area contributed by atoms with Crippen LogP contribution in [0.2, 0.25) is 0 Å². The fourth-order valence-corrected chi connectivity index (χ4v) is 5.74. The van der Waals surface area contributed by atoms with Gasteiger partial charge < -0.3 is 24.3 Å². The van der Waals surface area contributed by atoms with Gasteiger partial charge in [-0.3, -0.25) is 4.98 Å². The van der Waals surface area contributed by atoms with Crippen LogP contribution in [0.15, 0.2) is 72.9 Å². The summed E-state index contributed by atoms with van der Waals surface area (Å²) in [6, 6.07) is 22.3. The zero-order valence-electron chi connectivity index (χ0n) is 21.9. The van der Waals surface area contributed by atoms with Crippen LogP contribution in [-0.4, -0.2) is 28.9 Å². The standard InChI is InChI=1S/C30H32N4O2S/c1-6-21-11-7-8-13-25(21)33-19(2)17-23(20(33)3)29-28(24-12-9-10-16-31-24)32-30(37)34(29)26-18-22(35-4)14-15-27(26)36-5/h7-18,28-29H,6H2,1-5H3,(H,32,37)/t28-,29-/m1/s1. The minimum atomic E-state index is -0.155. The number of ether oxygens (including phenoxy) is 2. The van der Waals surface area contributed by atoms with Gasteiger partial charge in [-0.15, -0.1) is 0 Å². The Hall–Kier alpha value is -3.84. The maximum Gasteiger partial charge on any atom is 0.174 e. The van der Waals surface area contributed by atoms with Gasteiger partial charge in [0.05, 0.1) is 37.7 Å². The molecular formula is C30H32N4O2S. The van der Waals surface area contributed by atoms with Gasteiger partial charge >= 0.3 is 0 Å². The van der Waals surface area contributed by atoms with Crippen LogP contribution in [0.5, 0.6) is 11.5 Å². The van der Waals surface area contributed by atoms with Crippen molar-refractivity contribution in [2.45, 2.75) is 39.3 Å². The van der Waals surface area contributed by atoms with Crippen LogP contribution < -0.4 is 19.7 Å². The van der Waals surface area contributed by atoms with Crippen LogP contribution in [-0.2, 0) is 6.42 Å². The van der Waals surface area contributed by atoms with E-state index in [1.165, 1.54) is 28.2 Å². The van der Waals surface area contributed by atoms with Crippen LogP contribution in [0.25, 0.3) is 5.69 Å². The number of para-hydroxylation sites is 1. The van der Waals surface area contributed by atoms with E-state index >= 15 is 0 Å². The van der Waals surface area contributed by atoms with Gasteiger partial charge in [0.2, 0.25) is 0 Å². The van der Waals surface area contributed by atoms with Crippen molar-refractivity contribution in [2.75, 3.05) is 19.1 Å². The minimum Gasteiger partial charge on any atom is -0.497 e. The van der Waals surface area contributed by atoms with Gasteiger partial charge in [-0.2, -0.15) is 0 Å². The summed E-state index contributed by atoms with van der Waals surface area (Å²) < 4.78 is 13.7. The van der Waals surface area contributed by atoms with Crippen molar-refractivity contribution in [1.82, 2.24) is 14.9 Å². The Labute approximate surface area is 223 Å². The number of methoxy groups -OCH3 is 2. The lowest BCUT2D eigenvalue weighted by molar-refractivity contribution is 0.403. The van der Waals surface area contributed by atoms with Gasteiger partial charge in [-0.05, 0) is 80.0 Å². The summed E-state index contributed by atoms with van der Waals surface area (Å²) in [6.07, 6.45) is 2.79. The number of rotatable bonds is 7. The number of hydrogen-bond donors (Lipinski definition) is 1. The van der Waals surface area contributed by atoms with E-state index in [-0.39, 0.29) is 12.1 Å². The van der Waals surface area contributed by atoms with E-state index in [1.807, 2.05) is 42.6 Å². The highest BCUT2D eigenvalue weighted by molar-refractivity contribution is 7.80. The van der Waals surface area contributed by atoms with Gasteiger partial charge in [-0.1, -0.05) is 31.2 Å². The number of thiocarbonyl (C=S) groups is 1. The highest BCUT2D eigenvalue weighted by Gasteiger charge is 2.43. The Bertz CT molecular complexity index is 1430. The van der Waals surface area contributed by atoms with Crippen LogP contribution >= 0.6 is 12.2 Å². The van der Waals surface area contributed by atoms with Gasteiger partial charge in [0.15, 0.2) is 5.11 Å². The quantitative estimate of drug-likeness (QED) is 0.296. The molecule has 0 saturated carbocycles. The number of benzene rings is 2. The zero-order valence-corrected chi connectivity index (χ0v) is 22.7. The number of anilines is 1. The molecule has 0 radical (unpaired) electrons. The van der Waals surface area contributed by atoms with Crippen molar-refractivity contribution in [1.29, 1.82) is 0 Å². The molecule has 1 N–H and O–H groups in total. The summed E-state index contributed by atoms with van der Waals surface area (Å²) in [4.78, 5) is 6.85. The predicted octanol–water partition coefficient (Wildman–Crippen LogP) is 6.25. The average Bonchev–Trinajstić information content (AvgIpc) is 3.43. The molecule has 0 amide bonds. The Kier molecular flexibility index (Phi) is 6.89. The van der Waals surface area contributed by atoms with E-state index < -0.39 is 0 Å². The van der Waals surface area contributed by atoms with Gasteiger partial charge in [-0.25, -0.2) is 0 Å². The van der Waals surface area contributed by atoms with E-state index in [1.54, 1.807) is 14.2 Å². The van der Waals surface area contributed by atoms with Crippen molar-refractivity contribution in [3.63, 3.8) is 0 Å². The molecule has 3 heterocycles. The maximum absolute atomic E-state index is 5.96. The predicted molar refractivity (Wildman–Crippen MR) is 152 cm³/mol. The highest BCUT2D eigenvalue weighted by Crippen LogP contribution is 2.47. The molecule has 2 atom stereocenters. The van der Waals surface area contributed by atoms with Crippen molar-refractivity contribution in [3.05, 3.63) is 101 Å². The number of nitrogens with one attached hydrogen (secondary N) is 1. The average molecular weight is 513 g/mol. The first-order valence-electron chi connectivity index (χ1n) is 12.5. The normalized spacial score (nSPS) is 17.1. The van der Waals surface area contributed by atoms with Crippen molar-refractivity contribution in [3.8, 4) is 17.2 Å². The number of nitrogens with zero attached hydrogens (tertiary/aromatic N) is 3. The summed E-state index contributed by atoms with van der Waals surface area (Å²) in [5, 5.41) is 4.18. The van der Waals surface area contributed by atoms with Crippen LogP contribution in [0.1, 0.15) is 47.2 Å². The lowest BCUT2D eigenvalue weighted by Gasteiger charge is -2.29. The molecule has 2 aromatic heterocycles. The van der Waals surface area contributed by atoms with Crippen molar-refractivity contribution < 1.29 is 9.47 Å². The smallest absolute Gasteiger partial charge is 0.174 e. The van der Waals surface area contributed by atoms with E-state index in [0.717, 1.165) is 29.3 Å². The monoisotopic (exact) mass is 512 g/mol. The first-order valence-corrected chi connectivity index (χ1v) is 12.9. The lowest BCUT2D eigenvalue weighted by Crippen LogP contribution is -2.30. The molecule has 1 fully saturated rings. The third kappa shape index (κ3) is 4.33. The SMILES string of the molecule is CCc1ccccc1-n1c(C)cc([C@@H]2[C@@H](c3ccccn3)NC(=S)N2c2cc(OC)ccc2OC)c1C. The molecule has 7 heteroatoms. The van der Waals surface area contributed by atoms with Crippen LogP contribution in [0.4, 0.5) is 5.69 Å². The van der Waals surface area contributed by atoms with Gasteiger partial charge in [0.25, 0.3) is 0 Å². The van der Waals surface area contributed by atoms with E-state index in [0.29, 0.717) is 5.11 Å². The summed E-state index contributed by atoms with van der Waals surface area (Å²) >= 11 is 5.96. The van der Waals surface area contributed by atoms with Gasteiger partial charge in [0.1, 0.15) is 11.5 Å². The fourth-order valence-electron chi connectivity index (χ4n) is 5.40. The fraction of sp³-hybridized carbons (Fsp3) is 0.267. The number of hydrogen-bond acceptors (Lipinski definition) is 4. The second kappa shape index (κ2) is 10.3. The Morgan fingerprint density at radius 1 is 0.946 bits per heavy atom. The molecule has 37 heavy (non-hydrogen) atoms. The third-order valence-electron chi connectivity index (χ3n) is 7.15. The molecule has 190 valence electrons. The molecule has 0 spiro atoms. The molecule has 2 aromatic carbocycles. The molecule has 0 bridgehead atoms. The third-order valence-corrected chi connectivity index (χ3v) is 7.46. The molecule has 1 aliphatic rings. The Morgan fingerprint density at radius 3 is 2.43 bits per heavy atom. The summed E-state index contributed by atoms with van der Waals surface area (Å²) in [7, 11) is 3.34. The van der Waals surface area contributed by atoms with E-state index in [4.69, 9.17) is 26.7 Å². The topological polar surface area (TPSA) is 51.6 Å². The number of aryl methyl sites for hydroxylation is 2. The molecule has 6 nitrogen and oxygen atoms in total. The maximum atomic E-state index is 5.96. The molecular weight excluding hydrogens is 480 g/mol. The van der Waals surface area contributed by atoms with E-state index in [2.05, 4.69) is 65.9 Å². The summed E-state index contributed by atoms with van der Waals surface area (Å²) in [6.45, 7) is 6.55. The highest BCUT2D eigenvalue weighted by atomic mass is 32.1. The van der Waals surface area contributed by atoms with Crippen LogP contribution in [0.3, 0.4) is 0 Å². The zero-order chi connectivity index (χ0) is 26.1. The molecule has 0 aliphatic carbocycles.